The average molecular weight is 338 g/mol. The van der Waals surface area contributed by atoms with Crippen molar-refractivity contribution >= 4 is 29.0 Å². The van der Waals surface area contributed by atoms with Gasteiger partial charge in [-0.1, -0.05) is 11.6 Å². The second-order valence-corrected chi connectivity index (χ2v) is 5.55. The molecule has 2 rings (SSSR count). The highest BCUT2D eigenvalue weighted by molar-refractivity contribution is 6.30. The van der Waals surface area contributed by atoms with E-state index in [1.807, 2.05) is 0 Å². The number of amidine groups is 1. The van der Waals surface area contributed by atoms with Crippen molar-refractivity contribution in [2.75, 3.05) is 25.0 Å². The van der Waals surface area contributed by atoms with Gasteiger partial charge in [-0.2, -0.15) is 0 Å². The van der Waals surface area contributed by atoms with E-state index in [-0.39, 0.29) is 18.0 Å². The van der Waals surface area contributed by atoms with Gasteiger partial charge in [0.2, 0.25) is 0 Å². The molecule has 1 heterocycles. The third kappa shape index (κ3) is 4.39. The molecule has 1 amide bonds. The zero-order chi connectivity index (χ0) is 16.8. The van der Waals surface area contributed by atoms with Gasteiger partial charge >= 0.3 is 0 Å². The molecule has 0 unspecified atom stereocenters. The molecular formula is C16H20ClN3O3. The smallest absolute Gasteiger partial charge is 0.293 e. The monoisotopic (exact) mass is 337 g/mol. The average Bonchev–Trinajstić information content (AvgIpc) is 3.04. The van der Waals surface area contributed by atoms with Gasteiger partial charge in [0, 0.05) is 23.8 Å². The van der Waals surface area contributed by atoms with Gasteiger partial charge in [-0.05, 0) is 44.0 Å². The Morgan fingerprint density at radius 3 is 2.52 bits per heavy atom. The molecule has 1 aromatic carbocycles. The number of hydrogen-bond acceptors (Lipinski definition) is 4. The van der Waals surface area contributed by atoms with Gasteiger partial charge in [-0.15, -0.1) is 0 Å². The summed E-state index contributed by atoms with van der Waals surface area (Å²) in [6.07, 6.45) is 1.92. The van der Waals surface area contributed by atoms with Gasteiger partial charge in [-0.25, -0.2) is 0 Å². The van der Waals surface area contributed by atoms with Gasteiger partial charge < -0.3 is 20.1 Å². The molecule has 124 valence electrons. The number of hydrogen-bond donors (Lipinski definition) is 3. The van der Waals surface area contributed by atoms with Crippen LogP contribution in [-0.2, 0) is 9.53 Å². The van der Waals surface area contributed by atoms with E-state index in [1.54, 1.807) is 36.1 Å². The molecule has 6 nitrogen and oxygen atoms in total. The lowest BCUT2D eigenvalue weighted by Crippen LogP contribution is -2.34. The topological polar surface area (TPSA) is 85.7 Å². The minimum absolute atomic E-state index is 0.0279. The van der Waals surface area contributed by atoms with Gasteiger partial charge in [-0.3, -0.25) is 10.2 Å². The SMILES string of the molecule is CCOC(O)=C(C(=N)N1CCCC1)C(=O)Nc1ccc(Cl)cc1. The van der Waals surface area contributed by atoms with E-state index in [2.05, 4.69) is 5.32 Å². The third-order valence-corrected chi connectivity index (χ3v) is 3.74. The highest BCUT2D eigenvalue weighted by Gasteiger charge is 2.27. The molecule has 0 aliphatic carbocycles. The molecule has 3 N–H and O–H groups in total. The van der Waals surface area contributed by atoms with Crippen LogP contribution in [0.25, 0.3) is 0 Å². The van der Waals surface area contributed by atoms with Crippen LogP contribution in [0.4, 0.5) is 5.69 Å². The molecule has 0 radical (unpaired) electrons. The summed E-state index contributed by atoms with van der Waals surface area (Å²) in [7, 11) is 0. The molecule has 0 spiro atoms. The number of benzene rings is 1. The molecule has 1 saturated heterocycles. The summed E-state index contributed by atoms with van der Waals surface area (Å²) in [6, 6.07) is 6.59. The second-order valence-electron chi connectivity index (χ2n) is 5.12. The Morgan fingerprint density at radius 1 is 1.35 bits per heavy atom. The highest BCUT2D eigenvalue weighted by Crippen LogP contribution is 2.18. The highest BCUT2D eigenvalue weighted by atomic mass is 35.5. The lowest BCUT2D eigenvalue weighted by molar-refractivity contribution is -0.113. The third-order valence-electron chi connectivity index (χ3n) is 3.48. The maximum Gasteiger partial charge on any atom is 0.293 e. The summed E-state index contributed by atoms with van der Waals surface area (Å²) < 4.78 is 5.05. The van der Waals surface area contributed by atoms with Crippen molar-refractivity contribution in [3.63, 3.8) is 0 Å². The molecule has 0 saturated carbocycles. The normalized spacial score (nSPS) is 15.1. The fraction of sp³-hybridized carbons (Fsp3) is 0.375. The van der Waals surface area contributed by atoms with E-state index < -0.39 is 11.9 Å². The first-order chi connectivity index (χ1) is 11.0. The number of rotatable bonds is 5. The van der Waals surface area contributed by atoms with Crippen molar-refractivity contribution in [1.82, 2.24) is 4.90 Å². The number of ether oxygens (including phenoxy) is 1. The first-order valence-electron chi connectivity index (χ1n) is 7.49. The number of carbonyl (C=O) groups excluding carboxylic acids is 1. The van der Waals surface area contributed by atoms with Gasteiger partial charge in [0.15, 0.2) is 5.57 Å². The molecule has 0 atom stereocenters. The number of amides is 1. The van der Waals surface area contributed by atoms with E-state index in [0.717, 1.165) is 12.8 Å². The van der Waals surface area contributed by atoms with Crippen molar-refractivity contribution in [3.8, 4) is 0 Å². The number of likely N-dealkylation sites (tertiary alicyclic amines) is 1. The molecule has 1 aromatic rings. The van der Waals surface area contributed by atoms with E-state index in [0.29, 0.717) is 23.8 Å². The summed E-state index contributed by atoms with van der Waals surface area (Å²) in [5.41, 5.74) is 0.360. The Kier molecular flexibility index (Phi) is 5.87. The quantitative estimate of drug-likeness (QED) is 0.333. The number of aliphatic hydroxyl groups excluding tert-OH is 1. The predicted octanol–water partition coefficient (Wildman–Crippen LogP) is 3.16. The summed E-state index contributed by atoms with van der Waals surface area (Å²) in [6.45, 7) is 3.28. The lowest BCUT2D eigenvalue weighted by Gasteiger charge is -2.21. The fourth-order valence-electron chi connectivity index (χ4n) is 2.34. The zero-order valence-electron chi connectivity index (χ0n) is 12.9. The van der Waals surface area contributed by atoms with Crippen LogP contribution >= 0.6 is 11.6 Å². The van der Waals surface area contributed by atoms with Gasteiger partial charge in [0.05, 0.1) is 6.61 Å². The molecular weight excluding hydrogens is 318 g/mol. The van der Waals surface area contributed by atoms with Crippen molar-refractivity contribution in [2.45, 2.75) is 19.8 Å². The minimum Gasteiger partial charge on any atom is -0.480 e. The van der Waals surface area contributed by atoms with E-state index in [9.17, 15) is 9.90 Å². The van der Waals surface area contributed by atoms with Crippen molar-refractivity contribution in [2.24, 2.45) is 0 Å². The molecule has 23 heavy (non-hydrogen) atoms. The Hall–Kier alpha value is -2.21. The number of anilines is 1. The van der Waals surface area contributed by atoms with Crippen LogP contribution in [0, 0.1) is 5.41 Å². The van der Waals surface area contributed by atoms with Crippen LogP contribution in [0.3, 0.4) is 0 Å². The first kappa shape index (κ1) is 17.1. The van der Waals surface area contributed by atoms with Gasteiger partial charge in [0.25, 0.3) is 11.9 Å². The molecule has 7 heteroatoms. The number of carbonyl (C=O) groups is 1. The van der Waals surface area contributed by atoms with Crippen LogP contribution in [0.15, 0.2) is 35.8 Å². The summed E-state index contributed by atoms with van der Waals surface area (Å²) in [4.78, 5) is 14.3. The number of nitrogens with zero attached hydrogens (tertiary/aromatic N) is 1. The van der Waals surface area contributed by atoms with Gasteiger partial charge in [0.1, 0.15) is 5.84 Å². The van der Waals surface area contributed by atoms with E-state index in [1.165, 1.54) is 0 Å². The second kappa shape index (κ2) is 7.87. The Morgan fingerprint density at radius 2 is 1.96 bits per heavy atom. The maximum absolute atomic E-state index is 12.5. The number of aliphatic hydroxyl groups is 1. The number of nitrogens with one attached hydrogen (secondary N) is 2. The Balaban J connectivity index is 2.22. The van der Waals surface area contributed by atoms with Crippen molar-refractivity contribution < 1.29 is 14.6 Å². The van der Waals surface area contributed by atoms with Crippen LogP contribution in [0.2, 0.25) is 5.02 Å². The minimum atomic E-state index is -0.588. The Bertz CT molecular complexity index is 608. The van der Waals surface area contributed by atoms with Crippen LogP contribution < -0.4 is 5.32 Å². The standard InChI is InChI=1S/C16H20ClN3O3/c1-2-23-16(22)13(14(18)20-9-3-4-10-20)15(21)19-12-7-5-11(17)6-8-12/h5-8,18,22H,2-4,9-10H2,1H3,(H,19,21). The van der Waals surface area contributed by atoms with Crippen molar-refractivity contribution in [3.05, 3.63) is 40.8 Å². The fourth-order valence-corrected chi connectivity index (χ4v) is 2.47. The summed E-state index contributed by atoms with van der Waals surface area (Å²) in [5.74, 6) is -1.15. The Labute approximate surface area is 140 Å². The van der Waals surface area contributed by atoms with Crippen LogP contribution in [-0.4, -0.2) is 41.4 Å². The predicted molar refractivity (Wildman–Crippen MR) is 89.9 cm³/mol. The van der Waals surface area contributed by atoms with Crippen LogP contribution in [0.1, 0.15) is 19.8 Å². The molecule has 1 fully saturated rings. The van der Waals surface area contributed by atoms with Crippen molar-refractivity contribution in [1.29, 1.82) is 5.41 Å². The first-order valence-corrected chi connectivity index (χ1v) is 7.87. The zero-order valence-corrected chi connectivity index (χ0v) is 13.7. The number of halogens is 1. The maximum atomic E-state index is 12.5. The molecule has 1 aliphatic heterocycles. The van der Waals surface area contributed by atoms with Crippen LogP contribution in [0.5, 0.6) is 0 Å². The van der Waals surface area contributed by atoms with E-state index in [4.69, 9.17) is 21.7 Å². The van der Waals surface area contributed by atoms with E-state index >= 15 is 0 Å². The summed E-state index contributed by atoms with van der Waals surface area (Å²) in [5, 5.41) is 21.5. The largest absolute Gasteiger partial charge is 0.480 e. The molecule has 0 aromatic heterocycles. The molecule has 1 aliphatic rings. The molecule has 0 bridgehead atoms. The lowest BCUT2D eigenvalue weighted by atomic mass is 10.2. The summed E-state index contributed by atoms with van der Waals surface area (Å²) >= 11 is 5.82.